The van der Waals surface area contributed by atoms with E-state index in [1.807, 2.05) is 17.8 Å². The maximum atomic E-state index is 5.41. The molecule has 1 unspecified atom stereocenters. The van der Waals surface area contributed by atoms with Gasteiger partial charge in [-0.25, -0.2) is 0 Å². The molecule has 1 atom stereocenters. The minimum absolute atomic E-state index is 0.299. The number of hydrogen-bond donors (Lipinski definition) is 1. The SMILES string of the molecule is CSC(C)(C)CNC(C)CCc1ccc2c(c1)OCO2. The lowest BCUT2D eigenvalue weighted by atomic mass is 10.0. The van der Waals surface area contributed by atoms with E-state index in [-0.39, 0.29) is 0 Å². The Kier molecular flexibility index (Phi) is 5.22. The summed E-state index contributed by atoms with van der Waals surface area (Å²) in [6.45, 7) is 8.19. The highest BCUT2D eigenvalue weighted by Crippen LogP contribution is 2.32. The minimum atomic E-state index is 0.299. The Morgan fingerprint density at radius 3 is 2.80 bits per heavy atom. The molecule has 2 rings (SSSR count). The molecule has 1 N–H and O–H groups in total. The van der Waals surface area contributed by atoms with E-state index in [0.717, 1.165) is 30.9 Å². The molecule has 0 saturated carbocycles. The fraction of sp³-hybridized carbons (Fsp3) is 0.625. The highest BCUT2D eigenvalue weighted by atomic mass is 32.2. The zero-order valence-electron chi connectivity index (χ0n) is 12.9. The van der Waals surface area contributed by atoms with E-state index < -0.39 is 0 Å². The van der Waals surface area contributed by atoms with Gasteiger partial charge in [0.1, 0.15) is 0 Å². The van der Waals surface area contributed by atoms with E-state index >= 15 is 0 Å². The molecule has 0 saturated heterocycles. The van der Waals surface area contributed by atoms with Crippen LogP contribution in [0.25, 0.3) is 0 Å². The Balaban J connectivity index is 1.77. The molecule has 1 aromatic carbocycles. The van der Waals surface area contributed by atoms with Crippen LogP contribution in [0.1, 0.15) is 32.8 Å². The van der Waals surface area contributed by atoms with Gasteiger partial charge in [0, 0.05) is 17.3 Å². The first kappa shape index (κ1) is 15.5. The first-order chi connectivity index (χ1) is 9.50. The summed E-state index contributed by atoms with van der Waals surface area (Å²) in [4.78, 5) is 0. The molecule has 0 aromatic heterocycles. The van der Waals surface area contributed by atoms with Crippen LogP contribution in [0.4, 0.5) is 0 Å². The molecule has 4 heteroatoms. The number of nitrogens with one attached hydrogen (secondary N) is 1. The Morgan fingerprint density at radius 2 is 2.05 bits per heavy atom. The van der Waals surface area contributed by atoms with Gasteiger partial charge in [-0.05, 0) is 57.6 Å². The van der Waals surface area contributed by atoms with Gasteiger partial charge in [-0.3, -0.25) is 0 Å². The third-order valence-electron chi connectivity index (χ3n) is 3.73. The fourth-order valence-electron chi connectivity index (χ4n) is 2.07. The molecule has 0 amide bonds. The third-order valence-corrected chi connectivity index (χ3v) is 4.98. The van der Waals surface area contributed by atoms with Crippen molar-refractivity contribution >= 4 is 11.8 Å². The topological polar surface area (TPSA) is 30.5 Å². The van der Waals surface area contributed by atoms with Gasteiger partial charge in [0.25, 0.3) is 0 Å². The van der Waals surface area contributed by atoms with Gasteiger partial charge >= 0.3 is 0 Å². The molecular weight excluding hydrogens is 270 g/mol. The van der Waals surface area contributed by atoms with Crippen molar-refractivity contribution in [1.29, 1.82) is 0 Å². The molecule has 20 heavy (non-hydrogen) atoms. The van der Waals surface area contributed by atoms with E-state index in [4.69, 9.17) is 9.47 Å². The van der Waals surface area contributed by atoms with E-state index in [1.165, 1.54) is 5.56 Å². The summed E-state index contributed by atoms with van der Waals surface area (Å²) >= 11 is 1.90. The van der Waals surface area contributed by atoms with E-state index in [9.17, 15) is 0 Å². The number of ether oxygens (including phenoxy) is 2. The van der Waals surface area contributed by atoms with Crippen molar-refractivity contribution in [2.24, 2.45) is 0 Å². The smallest absolute Gasteiger partial charge is 0.231 e. The van der Waals surface area contributed by atoms with Crippen LogP contribution in [-0.2, 0) is 6.42 Å². The third kappa shape index (κ3) is 4.32. The zero-order chi connectivity index (χ0) is 14.6. The van der Waals surface area contributed by atoms with Crippen LogP contribution < -0.4 is 14.8 Å². The van der Waals surface area contributed by atoms with Crippen molar-refractivity contribution in [3.63, 3.8) is 0 Å². The van der Waals surface area contributed by atoms with Crippen molar-refractivity contribution in [3.05, 3.63) is 23.8 Å². The molecule has 1 aliphatic rings. The number of rotatable bonds is 7. The van der Waals surface area contributed by atoms with Crippen LogP contribution in [0.2, 0.25) is 0 Å². The van der Waals surface area contributed by atoms with Crippen molar-refractivity contribution in [3.8, 4) is 11.5 Å². The molecule has 0 fully saturated rings. The lowest BCUT2D eigenvalue weighted by Crippen LogP contribution is -2.37. The summed E-state index contributed by atoms with van der Waals surface area (Å²) in [5.74, 6) is 1.74. The highest BCUT2D eigenvalue weighted by Gasteiger charge is 2.17. The Bertz CT molecular complexity index is 448. The normalized spacial score (nSPS) is 15.4. The maximum Gasteiger partial charge on any atom is 0.231 e. The van der Waals surface area contributed by atoms with Crippen molar-refractivity contribution in [2.75, 3.05) is 19.6 Å². The van der Waals surface area contributed by atoms with Gasteiger partial charge in [0.15, 0.2) is 11.5 Å². The fourth-order valence-corrected chi connectivity index (χ4v) is 2.30. The molecule has 0 aliphatic carbocycles. The lowest BCUT2D eigenvalue weighted by Gasteiger charge is -2.25. The van der Waals surface area contributed by atoms with Crippen LogP contribution in [0.15, 0.2) is 18.2 Å². The molecule has 3 nitrogen and oxygen atoms in total. The standard InChI is InChI=1S/C16H25NO2S/c1-12(17-10-16(2,3)20-4)5-6-13-7-8-14-15(9-13)19-11-18-14/h7-9,12,17H,5-6,10-11H2,1-4H3. The van der Waals surface area contributed by atoms with E-state index in [1.54, 1.807) is 0 Å². The zero-order valence-corrected chi connectivity index (χ0v) is 13.7. The number of benzene rings is 1. The average Bonchev–Trinajstić information content (AvgIpc) is 2.90. The highest BCUT2D eigenvalue weighted by molar-refractivity contribution is 7.99. The predicted octanol–water partition coefficient (Wildman–Crippen LogP) is 3.47. The van der Waals surface area contributed by atoms with E-state index in [0.29, 0.717) is 17.6 Å². The van der Waals surface area contributed by atoms with Crippen LogP contribution in [0.5, 0.6) is 11.5 Å². The van der Waals surface area contributed by atoms with Crippen LogP contribution in [0.3, 0.4) is 0 Å². The van der Waals surface area contributed by atoms with Gasteiger partial charge in [0.2, 0.25) is 6.79 Å². The Hall–Kier alpha value is -0.870. The summed E-state index contributed by atoms with van der Waals surface area (Å²) < 4.78 is 11.0. The maximum absolute atomic E-state index is 5.41. The molecule has 1 aromatic rings. The first-order valence-corrected chi connectivity index (χ1v) is 8.40. The van der Waals surface area contributed by atoms with Gasteiger partial charge in [0.05, 0.1) is 0 Å². The second kappa shape index (κ2) is 6.72. The molecule has 1 aliphatic heterocycles. The minimum Gasteiger partial charge on any atom is -0.454 e. The quantitative estimate of drug-likeness (QED) is 0.834. The molecule has 1 heterocycles. The monoisotopic (exact) mass is 295 g/mol. The Labute approximate surface area is 126 Å². The molecule has 0 spiro atoms. The second-order valence-electron chi connectivity index (χ2n) is 5.97. The molecule has 0 bridgehead atoms. The van der Waals surface area contributed by atoms with Crippen LogP contribution in [0, 0.1) is 0 Å². The number of aryl methyl sites for hydroxylation is 1. The lowest BCUT2D eigenvalue weighted by molar-refractivity contribution is 0.174. The number of hydrogen-bond acceptors (Lipinski definition) is 4. The van der Waals surface area contributed by atoms with Crippen LogP contribution in [-0.4, -0.2) is 30.4 Å². The summed E-state index contributed by atoms with van der Waals surface area (Å²) in [7, 11) is 0. The summed E-state index contributed by atoms with van der Waals surface area (Å²) in [5.41, 5.74) is 1.31. The summed E-state index contributed by atoms with van der Waals surface area (Å²) in [5, 5.41) is 3.62. The van der Waals surface area contributed by atoms with Crippen LogP contribution >= 0.6 is 11.8 Å². The first-order valence-electron chi connectivity index (χ1n) is 7.17. The van der Waals surface area contributed by atoms with Crippen molar-refractivity contribution in [2.45, 2.75) is 44.4 Å². The van der Waals surface area contributed by atoms with Gasteiger partial charge < -0.3 is 14.8 Å². The summed E-state index contributed by atoms with van der Waals surface area (Å²) in [6, 6.07) is 6.76. The molecule has 0 radical (unpaired) electrons. The molecule has 112 valence electrons. The second-order valence-corrected chi connectivity index (χ2v) is 7.49. The molecular formula is C16H25NO2S. The summed E-state index contributed by atoms with van der Waals surface area (Å²) in [6.07, 6.45) is 4.35. The van der Waals surface area contributed by atoms with Gasteiger partial charge in [-0.2, -0.15) is 11.8 Å². The largest absolute Gasteiger partial charge is 0.454 e. The average molecular weight is 295 g/mol. The number of fused-ring (bicyclic) bond motifs is 1. The van der Waals surface area contributed by atoms with E-state index in [2.05, 4.69) is 44.5 Å². The van der Waals surface area contributed by atoms with Gasteiger partial charge in [-0.15, -0.1) is 0 Å². The van der Waals surface area contributed by atoms with Crippen molar-refractivity contribution < 1.29 is 9.47 Å². The van der Waals surface area contributed by atoms with Crippen molar-refractivity contribution in [1.82, 2.24) is 5.32 Å². The van der Waals surface area contributed by atoms with Gasteiger partial charge in [-0.1, -0.05) is 6.07 Å². The number of thioether (sulfide) groups is 1. The Morgan fingerprint density at radius 1 is 1.30 bits per heavy atom. The predicted molar refractivity (Wildman–Crippen MR) is 85.9 cm³/mol.